The van der Waals surface area contributed by atoms with E-state index in [-0.39, 0.29) is 5.97 Å². The standard InChI is InChI=1S/C12H18N2O2S/c1-14(6-7-17-3)11-8-9(12(15)16-2)4-5-10(11)13/h4-5,8H,6-7,13H2,1-3H3. The number of carbonyl (C=O) groups is 1. The highest BCUT2D eigenvalue weighted by Gasteiger charge is 2.11. The number of thioether (sulfide) groups is 1. The molecule has 0 fully saturated rings. The van der Waals surface area contributed by atoms with E-state index in [9.17, 15) is 4.79 Å². The molecule has 1 rings (SSSR count). The fourth-order valence-electron chi connectivity index (χ4n) is 1.47. The Bertz CT molecular complexity index is 396. The molecule has 0 heterocycles. The topological polar surface area (TPSA) is 55.6 Å². The predicted octanol–water partition coefficient (Wildman–Crippen LogP) is 1.85. The summed E-state index contributed by atoms with van der Waals surface area (Å²) in [4.78, 5) is 13.5. The van der Waals surface area contributed by atoms with Gasteiger partial charge in [0.05, 0.1) is 24.0 Å². The molecule has 0 aliphatic heterocycles. The van der Waals surface area contributed by atoms with Crippen LogP contribution >= 0.6 is 11.8 Å². The molecule has 0 saturated carbocycles. The molecule has 0 atom stereocenters. The highest BCUT2D eigenvalue weighted by atomic mass is 32.2. The van der Waals surface area contributed by atoms with E-state index in [0.717, 1.165) is 18.0 Å². The number of nitrogens with zero attached hydrogens (tertiary/aromatic N) is 1. The number of hydrogen-bond acceptors (Lipinski definition) is 5. The van der Waals surface area contributed by atoms with E-state index in [4.69, 9.17) is 5.73 Å². The predicted molar refractivity (Wildman–Crippen MR) is 73.8 cm³/mol. The Kier molecular flexibility index (Phi) is 5.15. The molecule has 0 radical (unpaired) electrons. The number of anilines is 2. The van der Waals surface area contributed by atoms with Crippen LogP contribution in [0.5, 0.6) is 0 Å². The van der Waals surface area contributed by atoms with E-state index in [1.807, 2.05) is 11.9 Å². The summed E-state index contributed by atoms with van der Waals surface area (Å²) in [5.41, 5.74) is 7.95. The molecule has 0 bridgehead atoms. The van der Waals surface area contributed by atoms with Gasteiger partial charge in [0, 0.05) is 19.3 Å². The van der Waals surface area contributed by atoms with Crippen LogP contribution in [0, 0.1) is 0 Å². The normalized spacial score (nSPS) is 10.1. The van der Waals surface area contributed by atoms with Gasteiger partial charge in [-0.25, -0.2) is 4.79 Å². The first-order valence-electron chi connectivity index (χ1n) is 5.28. The Morgan fingerprint density at radius 2 is 2.24 bits per heavy atom. The molecule has 17 heavy (non-hydrogen) atoms. The van der Waals surface area contributed by atoms with Gasteiger partial charge in [0.25, 0.3) is 0 Å². The van der Waals surface area contributed by atoms with Gasteiger partial charge in [0.15, 0.2) is 0 Å². The number of ether oxygens (including phenoxy) is 1. The Hall–Kier alpha value is -1.36. The van der Waals surface area contributed by atoms with Gasteiger partial charge in [-0.2, -0.15) is 11.8 Å². The lowest BCUT2D eigenvalue weighted by atomic mass is 10.1. The van der Waals surface area contributed by atoms with Gasteiger partial charge in [-0.3, -0.25) is 0 Å². The van der Waals surface area contributed by atoms with E-state index in [1.54, 1.807) is 30.0 Å². The molecule has 0 amide bonds. The summed E-state index contributed by atoms with van der Waals surface area (Å²) in [7, 11) is 3.33. The average Bonchev–Trinajstić information content (AvgIpc) is 2.35. The van der Waals surface area contributed by atoms with Gasteiger partial charge in [-0.1, -0.05) is 0 Å². The van der Waals surface area contributed by atoms with Crippen molar-refractivity contribution in [3.05, 3.63) is 23.8 Å². The Morgan fingerprint density at radius 3 is 2.82 bits per heavy atom. The van der Waals surface area contributed by atoms with Crippen LogP contribution in [-0.4, -0.2) is 38.7 Å². The van der Waals surface area contributed by atoms with Crippen LogP contribution in [-0.2, 0) is 4.74 Å². The Morgan fingerprint density at radius 1 is 1.53 bits per heavy atom. The van der Waals surface area contributed by atoms with Crippen LogP contribution in [0.3, 0.4) is 0 Å². The lowest BCUT2D eigenvalue weighted by Gasteiger charge is -2.21. The van der Waals surface area contributed by atoms with Gasteiger partial charge < -0.3 is 15.4 Å². The molecule has 1 aromatic rings. The second-order valence-corrected chi connectivity index (χ2v) is 4.67. The minimum atomic E-state index is -0.343. The van der Waals surface area contributed by atoms with Crippen LogP contribution in [0.25, 0.3) is 0 Å². The van der Waals surface area contributed by atoms with Crippen molar-refractivity contribution in [3.8, 4) is 0 Å². The molecule has 4 nitrogen and oxygen atoms in total. The molecule has 0 saturated heterocycles. The lowest BCUT2D eigenvalue weighted by Crippen LogP contribution is -2.21. The molecular weight excluding hydrogens is 236 g/mol. The summed E-state index contributed by atoms with van der Waals surface area (Å²) in [6.45, 7) is 0.885. The first-order chi connectivity index (χ1) is 8.10. The zero-order valence-corrected chi connectivity index (χ0v) is 11.2. The lowest BCUT2D eigenvalue weighted by molar-refractivity contribution is 0.0601. The molecule has 0 aliphatic rings. The molecule has 0 aromatic heterocycles. The quantitative estimate of drug-likeness (QED) is 0.642. The average molecular weight is 254 g/mol. The van der Waals surface area contributed by atoms with Crippen LogP contribution < -0.4 is 10.6 Å². The van der Waals surface area contributed by atoms with Crippen LogP contribution in [0.2, 0.25) is 0 Å². The first-order valence-corrected chi connectivity index (χ1v) is 6.67. The number of nitrogen functional groups attached to an aromatic ring is 1. The third kappa shape index (κ3) is 3.56. The van der Waals surface area contributed by atoms with E-state index in [0.29, 0.717) is 11.3 Å². The Balaban J connectivity index is 2.93. The van der Waals surface area contributed by atoms with E-state index in [2.05, 4.69) is 11.0 Å². The van der Waals surface area contributed by atoms with Crippen molar-refractivity contribution in [1.82, 2.24) is 0 Å². The van der Waals surface area contributed by atoms with Crippen molar-refractivity contribution >= 4 is 29.1 Å². The maximum Gasteiger partial charge on any atom is 0.337 e. The minimum absolute atomic E-state index is 0.343. The number of benzene rings is 1. The van der Waals surface area contributed by atoms with Crippen molar-refractivity contribution in [2.24, 2.45) is 0 Å². The van der Waals surface area contributed by atoms with Gasteiger partial charge >= 0.3 is 5.97 Å². The van der Waals surface area contributed by atoms with Crippen molar-refractivity contribution in [3.63, 3.8) is 0 Å². The SMILES string of the molecule is COC(=O)c1ccc(N)c(N(C)CCSC)c1. The van der Waals surface area contributed by atoms with Gasteiger partial charge in [0.1, 0.15) is 0 Å². The third-order valence-corrected chi connectivity index (χ3v) is 3.08. The highest BCUT2D eigenvalue weighted by Crippen LogP contribution is 2.24. The minimum Gasteiger partial charge on any atom is -0.465 e. The molecule has 0 unspecified atom stereocenters. The second-order valence-electron chi connectivity index (χ2n) is 3.68. The third-order valence-electron chi connectivity index (χ3n) is 2.49. The smallest absolute Gasteiger partial charge is 0.337 e. The fraction of sp³-hybridized carbons (Fsp3) is 0.417. The monoisotopic (exact) mass is 254 g/mol. The summed E-state index contributed by atoms with van der Waals surface area (Å²) in [5.74, 6) is 0.669. The summed E-state index contributed by atoms with van der Waals surface area (Å²) >= 11 is 1.77. The van der Waals surface area contributed by atoms with Gasteiger partial charge in [0.2, 0.25) is 0 Å². The van der Waals surface area contributed by atoms with Crippen LogP contribution in [0.1, 0.15) is 10.4 Å². The molecule has 1 aromatic carbocycles. The van der Waals surface area contributed by atoms with Crippen LogP contribution in [0.15, 0.2) is 18.2 Å². The molecule has 5 heteroatoms. The van der Waals surface area contributed by atoms with E-state index >= 15 is 0 Å². The Labute approximate surface area is 106 Å². The maximum absolute atomic E-state index is 11.4. The van der Waals surface area contributed by atoms with E-state index in [1.165, 1.54) is 7.11 Å². The number of esters is 1. The molecule has 94 valence electrons. The summed E-state index contributed by atoms with van der Waals surface area (Å²) in [5, 5.41) is 0. The first kappa shape index (κ1) is 13.7. The highest BCUT2D eigenvalue weighted by molar-refractivity contribution is 7.98. The maximum atomic E-state index is 11.4. The van der Waals surface area contributed by atoms with Crippen LogP contribution in [0.4, 0.5) is 11.4 Å². The number of carbonyl (C=O) groups excluding carboxylic acids is 1. The summed E-state index contributed by atoms with van der Waals surface area (Å²) in [6, 6.07) is 5.17. The zero-order valence-electron chi connectivity index (χ0n) is 10.4. The molecule has 2 N–H and O–H groups in total. The van der Waals surface area contributed by atoms with E-state index < -0.39 is 0 Å². The largest absolute Gasteiger partial charge is 0.465 e. The van der Waals surface area contributed by atoms with Crippen molar-refractivity contribution in [2.75, 3.05) is 43.3 Å². The number of nitrogens with two attached hydrogens (primary N) is 1. The summed E-state index contributed by atoms with van der Waals surface area (Å²) < 4.78 is 4.69. The number of rotatable bonds is 5. The zero-order chi connectivity index (χ0) is 12.8. The summed E-state index contributed by atoms with van der Waals surface area (Å²) in [6.07, 6.45) is 2.06. The van der Waals surface area contributed by atoms with Crippen molar-refractivity contribution in [2.45, 2.75) is 0 Å². The number of methoxy groups -OCH3 is 1. The van der Waals surface area contributed by atoms with Crippen molar-refractivity contribution in [1.29, 1.82) is 0 Å². The second kappa shape index (κ2) is 6.39. The number of hydrogen-bond donors (Lipinski definition) is 1. The molecular formula is C12H18N2O2S. The molecule has 0 aliphatic carbocycles. The van der Waals surface area contributed by atoms with Gasteiger partial charge in [-0.15, -0.1) is 0 Å². The van der Waals surface area contributed by atoms with Crippen molar-refractivity contribution < 1.29 is 9.53 Å². The fourth-order valence-corrected chi connectivity index (χ4v) is 1.92. The molecule has 0 spiro atoms. The van der Waals surface area contributed by atoms with Gasteiger partial charge in [-0.05, 0) is 24.5 Å².